The molecule has 0 unspecified atom stereocenters. The van der Waals surface area contributed by atoms with Gasteiger partial charge in [-0.25, -0.2) is 4.39 Å². The van der Waals surface area contributed by atoms with Crippen molar-refractivity contribution < 1.29 is 9.18 Å². The van der Waals surface area contributed by atoms with Gasteiger partial charge < -0.3 is 10.2 Å². The molecular formula is C24H25FN4O2. The summed E-state index contributed by atoms with van der Waals surface area (Å²) < 4.78 is 14.5. The van der Waals surface area contributed by atoms with Crippen LogP contribution in [0.25, 0.3) is 5.69 Å². The monoisotopic (exact) mass is 420 g/mol. The van der Waals surface area contributed by atoms with Gasteiger partial charge in [-0.05, 0) is 55.7 Å². The van der Waals surface area contributed by atoms with E-state index in [0.717, 1.165) is 24.9 Å². The molecule has 7 heteroatoms. The fraction of sp³-hybridized carbons (Fsp3) is 0.292. The Morgan fingerprint density at radius 3 is 2.58 bits per heavy atom. The molecule has 1 saturated heterocycles. The first-order valence-electron chi connectivity index (χ1n) is 10.4. The highest BCUT2D eigenvalue weighted by Gasteiger charge is 2.26. The molecule has 2 heterocycles. The molecule has 1 atom stereocenters. The van der Waals surface area contributed by atoms with E-state index in [2.05, 4.69) is 10.4 Å². The Morgan fingerprint density at radius 2 is 1.84 bits per heavy atom. The molecule has 0 bridgehead atoms. The van der Waals surface area contributed by atoms with Gasteiger partial charge in [0.05, 0.1) is 11.6 Å². The molecule has 0 aliphatic carbocycles. The summed E-state index contributed by atoms with van der Waals surface area (Å²) in [6.45, 7) is 3.83. The van der Waals surface area contributed by atoms with Gasteiger partial charge in [0.1, 0.15) is 11.6 Å². The van der Waals surface area contributed by atoms with Crippen LogP contribution in [-0.2, 0) is 11.3 Å². The zero-order chi connectivity index (χ0) is 21.8. The first-order valence-corrected chi connectivity index (χ1v) is 10.4. The number of halogens is 1. The SMILES string of the molecule is Cc1ccc(CNC(=O)[C@H]2CCCN(c3ccc(=O)n(-c4ccc(F)cc4)n3)C2)cc1. The van der Waals surface area contributed by atoms with Crippen molar-refractivity contribution in [3.8, 4) is 5.69 Å². The van der Waals surface area contributed by atoms with Crippen LogP contribution < -0.4 is 15.8 Å². The Balaban J connectivity index is 1.45. The van der Waals surface area contributed by atoms with Crippen molar-refractivity contribution in [2.45, 2.75) is 26.3 Å². The van der Waals surface area contributed by atoms with Gasteiger partial charge in [0, 0.05) is 25.7 Å². The van der Waals surface area contributed by atoms with Crippen molar-refractivity contribution in [3.63, 3.8) is 0 Å². The van der Waals surface area contributed by atoms with Gasteiger partial charge in [-0.15, -0.1) is 5.10 Å². The van der Waals surface area contributed by atoms with E-state index in [1.165, 1.54) is 40.6 Å². The highest BCUT2D eigenvalue weighted by atomic mass is 19.1. The van der Waals surface area contributed by atoms with E-state index >= 15 is 0 Å². The Kier molecular flexibility index (Phi) is 6.11. The quantitative estimate of drug-likeness (QED) is 0.688. The number of carbonyl (C=O) groups excluding carboxylic acids is 1. The standard InChI is InChI=1S/C24H25FN4O2/c1-17-4-6-18(7-5-17)15-26-24(31)19-3-2-14-28(16-19)22-12-13-23(30)29(27-22)21-10-8-20(25)9-11-21/h4-13,19H,2-3,14-16H2,1H3,(H,26,31)/t19-/m0/s1. The normalized spacial score (nSPS) is 16.2. The van der Waals surface area contributed by atoms with E-state index in [1.807, 2.05) is 36.1 Å². The second-order valence-electron chi connectivity index (χ2n) is 7.91. The molecule has 1 fully saturated rings. The van der Waals surface area contributed by atoms with Crippen molar-refractivity contribution in [1.29, 1.82) is 0 Å². The maximum atomic E-state index is 13.2. The third kappa shape index (κ3) is 4.99. The largest absolute Gasteiger partial charge is 0.354 e. The smallest absolute Gasteiger partial charge is 0.271 e. The van der Waals surface area contributed by atoms with E-state index in [1.54, 1.807) is 6.07 Å². The Hall–Kier alpha value is -3.48. The first kappa shape index (κ1) is 20.8. The number of benzene rings is 2. The van der Waals surface area contributed by atoms with Crippen LogP contribution in [0.15, 0.2) is 65.5 Å². The summed E-state index contributed by atoms with van der Waals surface area (Å²) in [4.78, 5) is 27.0. The average Bonchev–Trinajstić information content (AvgIpc) is 2.79. The van der Waals surface area contributed by atoms with Gasteiger partial charge in [0.15, 0.2) is 0 Å². The number of nitrogens with one attached hydrogen (secondary N) is 1. The summed E-state index contributed by atoms with van der Waals surface area (Å²) >= 11 is 0. The van der Waals surface area contributed by atoms with Crippen molar-refractivity contribution in [1.82, 2.24) is 15.1 Å². The van der Waals surface area contributed by atoms with E-state index in [-0.39, 0.29) is 23.2 Å². The second-order valence-corrected chi connectivity index (χ2v) is 7.91. The van der Waals surface area contributed by atoms with Crippen LogP contribution in [0.3, 0.4) is 0 Å². The maximum Gasteiger partial charge on any atom is 0.271 e. The zero-order valence-corrected chi connectivity index (χ0v) is 17.4. The predicted molar refractivity (Wildman–Crippen MR) is 118 cm³/mol. The van der Waals surface area contributed by atoms with Gasteiger partial charge in [0.25, 0.3) is 5.56 Å². The fourth-order valence-corrected chi connectivity index (χ4v) is 3.78. The molecule has 1 N–H and O–H groups in total. The van der Waals surface area contributed by atoms with Crippen LogP contribution in [-0.4, -0.2) is 28.8 Å². The second kappa shape index (κ2) is 9.12. The Labute approximate surface area is 180 Å². The predicted octanol–water partition coefficient (Wildman–Crippen LogP) is 3.21. The summed E-state index contributed by atoms with van der Waals surface area (Å²) in [7, 11) is 0. The van der Waals surface area contributed by atoms with Crippen LogP contribution in [0.2, 0.25) is 0 Å². The summed E-state index contributed by atoms with van der Waals surface area (Å²) in [5, 5.41) is 7.50. The van der Waals surface area contributed by atoms with Gasteiger partial charge in [-0.1, -0.05) is 29.8 Å². The van der Waals surface area contributed by atoms with Crippen LogP contribution in [0.4, 0.5) is 10.2 Å². The number of aromatic nitrogens is 2. The van der Waals surface area contributed by atoms with Gasteiger partial charge in [-0.2, -0.15) is 4.68 Å². The number of anilines is 1. The van der Waals surface area contributed by atoms with Crippen LogP contribution in [0, 0.1) is 18.7 Å². The number of nitrogens with zero attached hydrogens (tertiary/aromatic N) is 3. The number of amides is 1. The van der Waals surface area contributed by atoms with Crippen molar-refractivity contribution in [3.05, 3.63) is 88.0 Å². The molecule has 31 heavy (non-hydrogen) atoms. The summed E-state index contributed by atoms with van der Waals surface area (Å²) in [6.07, 6.45) is 1.67. The number of rotatable bonds is 5. The van der Waals surface area contributed by atoms with Crippen LogP contribution >= 0.6 is 0 Å². The highest BCUT2D eigenvalue weighted by Crippen LogP contribution is 2.22. The van der Waals surface area contributed by atoms with Crippen LogP contribution in [0.1, 0.15) is 24.0 Å². The number of carbonyl (C=O) groups is 1. The number of aryl methyl sites for hydroxylation is 1. The molecule has 0 saturated carbocycles. The topological polar surface area (TPSA) is 67.2 Å². The third-order valence-corrected chi connectivity index (χ3v) is 5.56. The van der Waals surface area contributed by atoms with E-state index in [4.69, 9.17) is 0 Å². The lowest BCUT2D eigenvalue weighted by molar-refractivity contribution is -0.125. The summed E-state index contributed by atoms with van der Waals surface area (Å²) in [5.74, 6) is 0.132. The third-order valence-electron chi connectivity index (χ3n) is 5.56. The molecule has 1 amide bonds. The molecule has 160 valence electrons. The van der Waals surface area contributed by atoms with Gasteiger partial charge in [0.2, 0.25) is 5.91 Å². The lowest BCUT2D eigenvalue weighted by Gasteiger charge is -2.33. The molecule has 3 aromatic rings. The maximum absolute atomic E-state index is 13.2. The Bertz CT molecular complexity index is 1110. The summed E-state index contributed by atoms with van der Waals surface area (Å²) in [5.41, 5.74) is 2.46. The minimum atomic E-state index is -0.372. The van der Waals surface area contributed by atoms with Crippen molar-refractivity contribution in [2.75, 3.05) is 18.0 Å². The van der Waals surface area contributed by atoms with E-state index < -0.39 is 0 Å². The molecule has 2 aromatic carbocycles. The minimum Gasteiger partial charge on any atom is -0.354 e. The van der Waals surface area contributed by atoms with Crippen molar-refractivity contribution in [2.24, 2.45) is 5.92 Å². The number of hydrogen-bond acceptors (Lipinski definition) is 4. The first-order chi connectivity index (χ1) is 15.0. The van der Waals surface area contributed by atoms with E-state index in [0.29, 0.717) is 24.6 Å². The Morgan fingerprint density at radius 1 is 1.10 bits per heavy atom. The molecule has 1 aliphatic rings. The molecule has 6 nitrogen and oxygen atoms in total. The molecule has 0 spiro atoms. The zero-order valence-electron chi connectivity index (χ0n) is 17.4. The molecule has 4 rings (SSSR count). The van der Waals surface area contributed by atoms with E-state index in [9.17, 15) is 14.0 Å². The van der Waals surface area contributed by atoms with Crippen LogP contribution in [0.5, 0.6) is 0 Å². The number of piperidine rings is 1. The average molecular weight is 420 g/mol. The molecule has 0 radical (unpaired) electrons. The fourth-order valence-electron chi connectivity index (χ4n) is 3.78. The highest BCUT2D eigenvalue weighted by molar-refractivity contribution is 5.79. The number of hydrogen-bond donors (Lipinski definition) is 1. The lowest BCUT2D eigenvalue weighted by Crippen LogP contribution is -2.43. The lowest BCUT2D eigenvalue weighted by atomic mass is 9.97. The van der Waals surface area contributed by atoms with Gasteiger partial charge in [-0.3, -0.25) is 9.59 Å². The molecular weight excluding hydrogens is 395 g/mol. The van der Waals surface area contributed by atoms with Gasteiger partial charge >= 0.3 is 0 Å². The molecule has 1 aromatic heterocycles. The van der Waals surface area contributed by atoms with Crippen molar-refractivity contribution >= 4 is 11.7 Å². The minimum absolute atomic E-state index is 0.0251. The molecule has 1 aliphatic heterocycles. The summed E-state index contributed by atoms with van der Waals surface area (Å²) in [6, 6.07) is 16.9.